The van der Waals surface area contributed by atoms with E-state index < -0.39 is 0 Å². The lowest BCUT2D eigenvalue weighted by atomic mass is 10.0. The Labute approximate surface area is 153 Å². The van der Waals surface area contributed by atoms with Crippen molar-refractivity contribution in [3.63, 3.8) is 0 Å². The standard InChI is InChI=1S/C20H24N4O2/c1-14-6-3-4-8-17(14)19(25)22-16-9-12-24(13-10-16)20(26)23-18-15(2)7-5-11-21-18/h3-8,11,16H,9-10,12-13H2,1-2H3,(H,22,25)(H,21,23,26). The van der Waals surface area contributed by atoms with Crippen LogP contribution in [-0.4, -0.2) is 41.0 Å². The number of piperidine rings is 1. The van der Waals surface area contributed by atoms with E-state index in [0.29, 0.717) is 24.5 Å². The van der Waals surface area contributed by atoms with E-state index in [-0.39, 0.29) is 18.0 Å². The Hall–Kier alpha value is -2.89. The van der Waals surface area contributed by atoms with Gasteiger partial charge in [-0.3, -0.25) is 10.1 Å². The summed E-state index contributed by atoms with van der Waals surface area (Å²) in [7, 11) is 0. The third-order valence-corrected chi connectivity index (χ3v) is 4.74. The second-order valence-electron chi connectivity index (χ2n) is 6.65. The van der Waals surface area contributed by atoms with Gasteiger partial charge in [-0.05, 0) is 49.9 Å². The zero-order valence-electron chi connectivity index (χ0n) is 15.2. The van der Waals surface area contributed by atoms with Crippen LogP contribution in [0.3, 0.4) is 0 Å². The smallest absolute Gasteiger partial charge is 0.323 e. The number of anilines is 1. The fourth-order valence-electron chi connectivity index (χ4n) is 3.11. The molecule has 0 atom stereocenters. The van der Waals surface area contributed by atoms with Gasteiger partial charge in [0.25, 0.3) is 5.91 Å². The quantitative estimate of drug-likeness (QED) is 0.891. The molecular weight excluding hydrogens is 328 g/mol. The fourth-order valence-corrected chi connectivity index (χ4v) is 3.11. The van der Waals surface area contributed by atoms with Gasteiger partial charge in [0.05, 0.1) is 0 Å². The topological polar surface area (TPSA) is 74.3 Å². The molecule has 136 valence electrons. The summed E-state index contributed by atoms with van der Waals surface area (Å²) in [6.45, 7) is 5.06. The lowest BCUT2D eigenvalue weighted by Crippen LogP contribution is -2.47. The van der Waals surface area contributed by atoms with Gasteiger partial charge in [0.15, 0.2) is 0 Å². The van der Waals surface area contributed by atoms with Crippen LogP contribution < -0.4 is 10.6 Å². The van der Waals surface area contributed by atoms with Crippen LogP contribution in [0.25, 0.3) is 0 Å². The van der Waals surface area contributed by atoms with Crippen LogP contribution in [0, 0.1) is 13.8 Å². The lowest BCUT2D eigenvalue weighted by Gasteiger charge is -2.32. The Morgan fingerprint density at radius 2 is 1.73 bits per heavy atom. The van der Waals surface area contributed by atoms with Crippen molar-refractivity contribution < 1.29 is 9.59 Å². The highest BCUT2D eigenvalue weighted by Crippen LogP contribution is 2.15. The molecule has 0 unspecified atom stereocenters. The Balaban J connectivity index is 1.51. The molecule has 26 heavy (non-hydrogen) atoms. The Morgan fingerprint density at radius 1 is 1.04 bits per heavy atom. The zero-order valence-corrected chi connectivity index (χ0v) is 15.2. The van der Waals surface area contributed by atoms with E-state index in [1.807, 2.05) is 50.2 Å². The van der Waals surface area contributed by atoms with Gasteiger partial charge >= 0.3 is 6.03 Å². The van der Waals surface area contributed by atoms with E-state index in [0.717, 1.165) is 24.0 Å². The molecular formula is C20H24N4O2. The Kier molecular flexibility index (Phi) is 5.51. The highest BCUT2D eigenvalue weighted by atomic mass is 16.2. The molecule has 0 saturated carbocycles. The number of aromatic nitrogens is 1. The molecule has 2 N–H and O–H groups in total. The molecule has 1 aromatic heterocycles. The SMILES string of the molecule is Cc1ccccc1C(=O)NC1CCN(C(=O)Nc2ncccc2C)CC1. The first kappa shape index (κ1) is 17.9. The number of carbonyl (C=O) groups is 2. The number of likely N-dealkylation sites (tertiary alicyclic amines) is 1. The normalized spacial score (nSPS) is 14.8. The number of nitrogens with one attached hydrogen (secondary N) is 2. The van der Waals surface area contributed by atoms with E-state index >= 15 is 0 Å². The highest BCUT2D eigenvalue weighted by Gasteiger charge is 2.24. The predicted molar refractivity (Wildman–Crippen MR) is 101 cm³/mol. The predicted octanol–water partition coefficient (Wildman–Crippen LogP) is 3.12. The van der Waals surface area contributed by atoms with Gasteiger partial charge in [-0.1, -0.05) is 24.3 Å². The first-order valence-corrected chi connectivity index (χ1v) is 8.88. The molecule has 6 nitrogen and oxygen atoms in total. The summed E-state index contributed by atoms with van der Waals surface area (Å²) >= 11 is 0. The van der Waals surface area contributed by atoms with Crippen molar-refractivity contribution in [3.05, 3.63) is 59.3 Å². The molecule has 3 rings (SSSR count). The molecule has 1 aliphatic rings. The largest absolute Gasteiger partial charge is 0.349 e. The van der Waals surface area contributed by atoms with Crippen LogP contribution in [0.2, 0.25) is 0 Å². The number of aryl methyl sites for hydroxylation is 2. The average Bonchev–Trinajstić information content (AvgIpc) is 2.64. The molecule has 1 saturated heterocycles. The first-order chi connectivity index (χ1) is 12.5. The van der Waals surface area contributed by atoms with Crippen LogP contribution in [0.5, 0.6) is 0 Å². The van der Waals surface area contributed by atoms with Crippen LogP contribution >= 0.6 is 0 Å². The van der Waals surface area contributed by atoms with E-state index in [1.54, 1.807) is 11.1 Å². The van der Waals surface area contributed by atoms with Crippen molar-refractivity contribution in [1.29, 1.82) is 0 Å². The minimum atomic E-state index is -0.143. The van der Waals surface area contributed by atoms with Gasteiger partial charge in [-0.2, -0.15) is 0 Å². The van der Waals surface area contributed by atoms with Gasteiger partial charge in [0.1, 0.15) is 5.82 Å². The van der Waals surface area contributed by atoms with E-state index in [9.17, 15) is 9.59 Å². The minimum absolute atomic E-state index is 0.0462. The summed E-state index contributed by atoms with van der Waals surface area (Å²) in [6.07, 6.45) is 3.15. The molecule has 0 spiro atoms. The number of rotatable bonds is 3. The molecule has 2 aromatic rings. The average molecular weight is 352 g/mol. The third kappa shape index (κ3) is 4.20. The number of pyridine rings is 1. The number of nitrogens with zero attached hydrogens (tertiary/aromatic N) is 2. The monoisotopic (exact) mass is 352 g/mol. The number of amides is 3. The van der Waals surface area contributed by atoms with Crippen molar-refractivity contribution in [2.24, 2.45) is 0 Å². The molecule has 1 aliphatic heterocycles. The van der Waals surface area contributed by atoms with Gasteiger partial charge in [-0.25, -0.2) is 9.78 Å². The molecule has 0 radical (unpaired) electrons. The van der Waals surface area contributed by atoms with Crippen LogP contribution in [-0.2, 0) is 0 Å². The van der Waals surface area contributed by atoms with E-state index in [4.69, 9.17) is 0 Å². The Morgan fingerprint density at radius 3 is 2.42 bits per heavy atom. The molecule has 1 aromatic carbocycles. The molecule has 0 aliphatic carbocycles. The molecule has 3 amide bonds. The van der Waals surface area contributed by atoms with E-state index in [2.05, 4.69) is 15.6 Å². The molecule has 6 heteroatoms. The highest BCUT2D eigenvalue weighted by molar-refractivity contribution is 5.95. The lowest BCUT2D eigenvalue weighted by molar-refractivity contribution is 0.0918. The second kappa shape index (κ2) is 7.99. The fraction of sp³-hybridized carbons (Fsp3) is 0.350. The second-order valence-corrected chi connectivity index (χ2v) is 6.65. The molecule has 1 fully saturated rings. The first-order valence-electron chi connectivity index (χ1n) is 8.88. The van der Waals surface area contributed by atoms with Gasteiger partial charge in [0.2, 0.25) is 0 Å². The minimum Gasteiger partial charge on any atom is -0.349 e. The van der Waals surface area contributed by atoms with Crippen molar-refractivity contribution in [1.82, 2.24) is 15.2 Å². The number of benzene rings is 1. The number of hydrogen-bond donors (Lipinski definition) is 2. The summed E-state index contributed by atoms with van der Waals surface area (Å²) in [5, 5.41) is 5.94. The van der Waals surface area contributed by atoms with Crippen molar-refractivity contribution in [2.75, 3.05) is 18.4 Å². The van der Waals surface area contributed by atoms with Gasteiger partial charge in [-0.15, -0.1) is 0 Å². The number of urea groups is 1. The molecule has 0 bridgehead atoms. The van der Waals surface area contributed by atoms with Gasteiger partial charge in [0, 0.05) is 30.9 Å². The summed E-state index contributed by atoms with van der Waals surface area (Å²) in [5.74, 6) is 0.544. The summed E-state index contributed by atoms with van der Waals surface area (Å²) in [5.41, 5.74) is 2.60. The summed E-state index contributed by atoms with van der Waals surface area (Å²) < 4.78 is 0. The number of hydrogen-bond acceptors (Lipinski definition) is 3. The zero-order chi connectivity index (χ0) is 18.5. The van der Waals surface area contributed by atoms with Crippen LogP contribution in [0.15, 0.2) is 42.6 Å². The van der Waals surface area contributed by atoms with Crippen molar-refractivity contribution in [3.8, 4) is 0 Å². The van der Waals surface area contributed by atoms with Crippen LogP contribution in [0.1, 0.15) is 34.3 Å². The number of carbonyl (C=O) groups excluding carboxylic acids is 2. The third-order valence-electron chi connectivity index (χ3n) is 4.74. The van der Waals surface area contributed by atoms with Gasteiger partial charge < -0.3 is 10.2 Å². The molecule has 2 heterocycles. The van der Waals surface area contributed by atoms with Crippen LogP contribution in [0.4, 0.5) is 10.6 Å². The summed E-state index contributed by atoms with van der Waals surface area (Å²) in [6, 6.07) is 11.3. The maximum Gasteiger partial charge on any atom is 0.323 e. The Bertz CT molecular complexity index is 798. The maximum absolute atomic E-state index is 12.4. The summed E-state index contributed by atoms with van der Waals surface area (Å²) in [4.78, 5) is 30.8. The maximum atomic E-state index is 12.4. The van der Waals surface area contributed by atoms with E-state index in [1.165, 1.54) is 0 Å². The van der Waals surface area contributed by atoms with Crippen molar-refractivity contribution in [2.45, 2.75) is 32.7 Å². The van der Waals surface area contributed by atoms with Crippen molar-refractivity contribution >= 4 is 17.8 Å².